The zero-order valence-corrected chi connectivity index (χ0v) is 15.8. The van der Waals surface area contributed by atoms with Gasteiger partial charge < -0.3 is 9.87 Å². The van der Waals surface area contributed by atoms with Gasteiger partial charge in [0.2, 0.25) is 0 Å². The molecule has 126 valence electrons. The SMILES string of the molecule is CC(Nc1c(F)ccc2nc([S+](C)[O-])sc12)c1ncc(Cl)cc1Cl. The van der Waals surface area contributed by atoms with Crippen LogP contribution in [0.25, 0.3) is 10.2 Å². The summed E-state index contributed by atoms with van der Waals surface area (Å²) in [5, 5.41) is 3.92. The summed E-state index contributed by atoms with van der Waals surface area (Å²) >= 11 is 12.0. The number of nitrogens with zero attached hydrogens (tertiary/aromatic N) is 2. The molecule has 1 aromatic carbocycles. The van der Waals surface area contributed by atoms with Gasteiger partial charge in [0.05, 0.1) is 37.7 Å². The molecule has 2 unspecified atom stereocenters. The Morgan fingerprint density at radius 3 is 2.79 bits per heavy atom. The van der Waals surface area contributed by atoms with Crippen LogP contribution in [0.15, 0.2) is 28.7 Å². The molecule has 0 bridgehead atoms. The van der Waals surface area contributed by atoms with Crippen molar-refractivity contribution in [2.75, 3.05) is 11.6 Å². The van der Waals surface area contributed by atoms with Gasteiger partial charge in [-0.1, -0.05) is 34.5 Å². The molecule has 24 heavy (non-hydrogen) atoms. The molecule has 0 spiro atoms. The molecule has 0 fully saturated rings. The highest BCUT2D eigenvalue weighted by Crippen LogP contribution is 2.36. The molecule has 2 atom stereocenters. The van der Waals surface area contributed by atoms with Gasteiger partial charge in [-0.05, 0) is 25.1 Å². The van der Waals surface area contributed by atoms with Crippen LogP contribution in [0.3, 0.4) is 0 Å². The fraction of sp³-hybridized carbons (Fsp3) is 0.200. The number of fused-ring (bicyclic) bond motifs is 1. The lowest BCUT2D eigenvalue weighted by Crippen LogP contribution is -2.10. The Morgan fingerprint density at radius 2 is 2.12 bits per heavy atom. The third-order valence-electron chi connectivity index (χ3n) is 3.34. The van der Waals surface area contributed by atoms with Crippen LogP contribution < -0.4 is 5.32 Å². The van der Waals surface area contributed by atoms with E-state index in [2.05, 4.69) is 15.3 Å². The first-order valence-electron chi connectivity index (χ1n) is 6.86. The van der Waals surface area contributed by atoms with Crippen LogP contribution in [0.5, 0.6) is 0 Å². The number of rotatable bonds is 4. The zero-order chi connectivity index (χ0) is 17.4. The molecule has 0 saturated carbocycles. The molecule has 4 nitrogen and oxygen atoms in total. The number of hydrogen-bond donors (Lipinski definition) is 1. The monoisotopic (exact) mass is 403 g/mol. The van der Waals surface area contributed by atoms with Crippen LogP contribution >= 0.6 is 34.5 Å². The molecule has 3 rings (SSSR count). The van der Waals surface area contributed by atoms with Crippen LogP contribution in [-0.2, 0) is 11.2 Å². The topological polar surface area (TPSA) is 60.9 Å². The summed E-state index contributed by atoms with van der Waals surface area (Å²) in [6, 6.07) is 4.13. The first-order valence-corrected chi connectivity index (χ1v) is 10.00. The van der Waals surface area contributed by atoms with Crippen molar-refractivity contribution < 1.29 is 8.94 Å². The molecular formula is C15H12Cl2FN3OS2. The lowest BCUT2D eigenvalue weighted by Gasteiger charge is -2.17. The highest BCUT2D eigenvalue weighted by molar-refractivity contribution is 7.92. The van der Waals surface area contributed by atoms with Crippen LogP contribution in [0.4, 0.5) is 10.1 Å². The van der Waals surface area contributed by atoms with Gasteiger partial charge in [0.1, 0.15) is 12.1 Å². The average molecular weight is 404 g/mol. The van der Waals surface area contributed by atoms with E-state index in [0.29, 0.717) is 36.0 Å². The first-order chi connectivity index (χ1) is 11.4. The molecule has 0 amide bonds. The summed E-state index contributed by atoms with van der Waals surface area (Å²) in [7, 11) is 0. The standard InChI is InChI=1S/C15H12Cl2FN3OS2/c1-7(12-9(17)5-8(16)6-19-12)20-13-10(18)3-4-11-14(13)23-15(21-11)24(2)22/h3-7,20H,1-2H3. The molecule has 1 N–H and O–H groups in total. The maximum absolute atomic E-state index is 14.3. The molecule has 9 heteroatoms. The number of hydrogen-bond acceptors (Lipinski definition) is 5. The lowest BCUT2D eigenvalue weighted by molar-refractivity contribution is 0.600. The predicted octanol–water partition coefficient (Wildman–Crippen LogP) is 5.05. The second kappa shape index (κ2) is 7.01. The van der Waals surface area contributed by atoms with Crippen LogP contribution in [0, 0.1) is 5.82 Å². The molecule has 0 aliphatic heterocycles. The molecule has 0 radical (unpaired) electrons. The van der Waals surface area contributed by atoms with E-state index >= 15 is 0 Å². The summed E-state index contributed by atoms with van der Waals surface area (Å²) in [6.07, 6.45) is 3.03. The molecule has 2 heterocycles. The third-order valence-corrected chi connectivity index (χ3v) is 6.27. The first kappa shape index (κ1) is 17.7. The number of nitrogens with one attached hydrogen (secondary N) is 1. The minimum atomic E-state index is -1.22. The van der Waals surface area contributed by atoms with Crippen molar-refractivity contribution in [2.45, 2.75) is 17.3 Å². The Kier molecular flexibility index (Phi) is 5.17. The van der Waals surface area contributed by atoms with Gasteiger partial charge in [-0.3, -0.25) is 4.98 Å². The van der Waals surface area contributed by atoms with Crippen molar-refractivity contribution in [1.29, 1.82) is 0 Å². The fourth-order valence-corrected chi connectivity index (χ4v) is 4.52. The van der Waals surface area contributed by atoms with E-state index in [1.54, 1.807) is 18.4 Å². The maximum atomic E-state index is 14.3. The van der Waals surface area contributed by atoms with E-state index in [9.17, 15) is 8.94 Å². The van der Waals surface area contributed by atoms with Crippen molar-refractivity contribution in [2.24, 2.45) is 0 Å². The second-order valence-electron chi connectivity index (χ2n) is 5.09. The van der Waals surface area contributed by atoms with Crippen LogP contribution in [0.2, 0.25) is 10.0 Å². The van der Waals surface area contributed by atoms with E-state index < -0.39 is 17.0 Å². The molecule has 0 aliphatic rings. The van der Waals surface area contributed by atoms with E-state index in [-0.39, 0.29) is 6.04 Å². The van der Waals surface area contributed by atoms with Crippen molar-refractivity contribution in [3.05, 3.63) is 46.0 Å². The van der Waals surface area contributed by atoms with E-state index in [4.69, 9.17) is 23.2 Å². The summed E-state index contributed by atoms with van der Waals surface area (Å²) in [6.45, 7) is 1.82. The maximum Gasteiger partial charge on any atom is 0.302 e. The van der Waals surface area contributed by atoms with Crippen molar-refractivity contribution >= 4 is 61.6 Å². The summed E-state index contributed by atoms with van der Waals surface area (Å²) < 4.78 is 27.0. The van der Waals surface area contributed by atoms with Gasteiger partial charge in [-0.2, -0.15) is 4.98 Å². The van der Waals surface area contributed by atoms with Gasteiger partial charge >= 0.3 is 4.34 Å². The Bertz CT molecular complexity index is 904. The molecular weight excluding hydrogens is 392 g/mol. The molecule has 3 aromatic rings. The van der Waals surface area contributed by atoms with Gasteiger partial charge in [0, 0.05) is 17.4 Å². The Morgan fingerprint density at radius 1 is 1.38 bits per heavy atom. The van der Waals surface area contributed by atoms with Crippen molar-refractivity contribution in [1.82, 2.24) is 9.97 Å². The minimum absolute atomic E-state index is 0.294. The molecule has 0 saturated heterocycles. The zero-order valence-electron chi connectivity index (χ0n) is 12.6. The summed E-state index contributed by atoms with van der Waals surface area (Å²) in [5.74, 6) is -0.420. The Balaban J connectivity index is 2.01. The normalized spacial score (nSPS) is 13.9. The highest BCUT2D eigenvalue weighted by Gasteiger charge is 2.20. The van der Waals surface area contributed by atoms with Gasteiger partial charge in [0.15, 0.2) is 0 Å². The number of thiazole rings is 1. The van der Waals surface area contributed by atoms with E-state index in [1.165, 1.54) is 23.6 Å². The third kappa shape index (κ3) is 3.45. The number of anilines is 1. The van der Waals surface area contributed by atoms with Crippen LogP contribution in [0.1, 0.15) is 18.7 Å². The smallest absolute Gasteiger partial charge is 0.302 e. The molecule has 0 aliphatic carbocycles. The van der Waals surface area contributed by atoms with Crippen LogP contribution in [-0.4, -0.2) is 20.8 Å². The Labute approximate surface area is 155 Å². The summed E-state index contributed by atoms with van der Waals surface area (Å²) in [5.41, 5.74) is 1.44. The van der Waals surface area contributed by atoms with Gasteiger partial charge in [-0.15, -0.1) is 0 Å². The number of pyridine rings is 1. The largest absolute Gasteiger partial charge is 0.610 e. The van der Waals surface area contributed by atoms with E-state index in [0.717, 1.165) is 0 Å². The van der Waals surface area contributed by atoms with Gasteiger partial charge in [0.25, 0.3) is 0 Å². The van der Waals surface area contributed by atoms with Gasteiger partial charge in [-0.25, -0.2) is 4.39 Å². The average Bonchev–Trinajstić information content (AvgIpc) is 2.94. The van der Waals surface area contributed by atoms with E-state index in [1.807, 2.05) is 6.92 Å². The lowest BCUT2D eigenvalue weighted by atomic mass is 10.2. The Hall–Kier alpha value is -1.12. The number of benzene rings is 1. The van der Waals surface area contributed by atoms with Crippen molar-refractivity contribution in [3.8, 4) is 0 Å². The minimum Gasteiger partial charge on any atom is -0.610 e. The predicted molar refractivity (Wildman–Crippen MR) is 98.2 cm³/mol. The van der Waals surface area contributed by atoms with Crippen molar-refractivity contribution in [3.63, 3.8) is 0 Å². The number of halogens is 3. The molecule has 2 aromatic heterocycles. The quantitative estimate of drug-likeness (QED) is 0.619. The highest BCUT2D eigenvalue weighted by atomic mass is 35.5. The number of aromatic nitrogens is 2. The second-order valence-corrected chi connectivity index (χ2v) is 8.49. The fourth-order valence-electron chi connectivity index (χ4n) is 2.23. The summed E-state index contributed by atoms with van der Waals surface area (Å²) in [4.78, 5) is 8.48.